The van der Waals surface area contributed by atoms with Crippen molar-refractivity contribution >= 4 is 141 Å². The number of cyclic esters (lactones) is 1. The number of benzene rings is 2. The van der Waals surface area contributed by atoms with Gasteiger partial charge in [0.2, 0.25) is 88.6 Å². The molecule has 15 amide bonds. The standard InChI is InChI=1S/C75H106N18O26/c1-36(2)17-10-8-6-7-9-11-23-56(97)85-46(26-40-33-80-44-21-15-13-18-41(40)44)69(112)88-48(29-55(79)96)70(113)90-51(32-62(106)107)72(115)93-64-39(5)119-75(118)52(27-53(94)42-19-12-14-20-43(42)77)91-74(117)63(37(3)25-59(100)101)92-71(114)47(28-54(78)95)86-58(99)34-81-66(109)49(30-60(102)103)87-65(108)38(4)83-68(111)50(31-61(104)105)89-67(110)45(22-16-24-76)84-57(98)35-82-73(64)116/h12-15,18-21,33,36-39,45-52,63-64,80H,6-11,16-17,22-32,34-35,76-77H2,1-5H3,(H2,78,95)(H2,79,96)(H,81,109)(H,82,116)(H,83,111)(H,84,98)(H,85,97)(H,86,99)(H,87,108)(H,88,112)(H,89,110)(H,90,113)(H,91,117)(H,92,114)(H,93,115)(H,100,101)(H,102,103)(H,104,105)(H,106,107)/t37-,38+,39-,45-,46-,47+,48+,49-,50-,51-,52-,63-,64-/m0/s1. The van der Waals surface area contributed by atoms with E-state index in [0.29, 0.717) is 35.2 Å². The average molecular weight is 1680 g/mol. The van der Waals surface area contributed by atoms with Gasteiger partial charge in [-0.3, -0.25) is 95.9 Å². The zero-order valence-electron chi connectivity index (χ0n) is 66.2. The first-order chi connectivity index (χ1) is 56.1. The maximum atomic E-state index is 14.9. The number of carboxylic acids is 4. The van der Waals surface area contributed by atoms with Crippen LogP contribution in [-0.2, 0) is 107 Å². The number of carbonyl (C=O) groups is 21. The van der Waals surface area contributed by atoms with Gasteiger partial charge in [0.1, 0.15) is 72.6 Å². The number of amides is 15. The Morgan fingerprint density at radius 1 is 0.513 bits per heavy atom. The molecule has 26 N–H and O–H groups in total. The molecule has 1 aromatic heterocycles. The predicted molar refractivity (Wildman–Crippen MR) is 416 cm³/mol. The molecule has 44 nitrogen and oxygen atoms in total. The summed E-state index contributed by atoms with van der Waals surface area (Å²) >= 11 is 0. The molecule has 44 heteroatoms. The summed E-state index contributed by atoms with van der Waals surface area (Å²) in [5, 5.41) is 68.5. The van der Waals surface area contributed by atoms with Crippen molar-refractivity contribution in [2.24, 2.45) is 29.0 Å². The SMILES string of the molecule is CC(C)CCCCCCCCC(=O)N[C@@H](Cc1c[nH]c2ccccc12)C(=O)N[C@H](CC(N)=O)C(=O)N[C@@H](CC(=O)O)C(=O)N[C@@H]1C(=O)NCC(=O)N[C@@H](CCCN)C(=O)N[C@@H](CC(=O)O)C(=O)N[C@H](C)C(=O)N[C@@H](CC(=O)O)C(=O)NCC(=O)N[C@H](CC(N)=O)C(=O)N[C@@H]([C@@H](C)CC(=O)O)C(=O)N[C@@H](CC(=O)c2ccccc2N)C(=O)O[C@H]1C. The van der Waals surface area contributed by atoms with Crippen molar-refractivity contribution in [3.05, 3.63) is 65.9 Å². The Morgan fingerprint density at radius 2 is 1.04 bits per heavy atom. The third-order valence-corrected chi connectivity index (χ3v) is 18.5. The highest BCUT2D eigenvalue weighted by atomic mass is 16.5. The summed E-state index contributed by atoms with van der Waals surface area (Å²) in [4.78, 5) is 290. The molecule has 3 aromatic rings. The fraction of sp³-hybridized carbons (Fsp3) is 0.533. The number of Topliss-reactive ketones (excluding diaryl/α,β-unsaturated/α-hetero) is 1. The normalized spacial score (nSPS) is 20.9. The highest BCUT2D eigenvalue weighted by Gasteiger charge is 2.41. The van der Waals surface area contributed by atoms with Gasteiger partial charge in [0.25, 0.3) is 0 Å². The number of carboxylic acid groups (broad SMARTS) is 4. The van der Waals surface area contributed by atoms with Crippen LogP contribution in [0.15, 0.2) is 54.7 Å². The van der Waals surface area contributed by atoms with Gasteiger partial charge in [-0.2, -0.15) is 0 Å². The van der Waals surface area contributed by atoms with Crippen LogP contribution in [0.1, 0.15) is 160 Å². The minimum absolute atomic E-state index is 0.0253. The second-order valence-corrected chi connectivity index (χ2v) is 28.9. The number of ether oxygens (including phenoxy) is 1. The lowest BCUT2D eigenvalue weighted by Crippen LogP contribution is -2.62. The molecule has 1 fully saturated rings. The van der Waals surface area contributed by atoms with E-state index in [0.717, 1.165) is 52.9 Å². The number of carbonyl (C=O) groups excluding carboxylic acids is 17. The molecular weight excluding hydrogens is 1570 g/mol. The second-order valence-electron chi connectivity index (χ2n) is 28.9. The van der Waals surface area contributed by atoms with Gasteiger partial charge in [-0.15, -0.1) is 0 Å². The fourth-order valence-corrected chi connectivity index (χ4v) is 12.3. The molecule has 13 atom stereocenters. The Kier molecular flexibility index (Phi) is 40.4. The van der Waals surface area contributed by atoms with E-state index in [1.165, 1.54) is 24.3 Å². The molecule has 1 aliphatic rings. The minimum Gasteiger partial charge on any atom is -0.481 e. The molecule has 0 unspecified atom stereocenters. The maximum Gasteiger partial charge on any atom is 0.329 e. The smallest absolute Gasteiger partial charge is 0.329 e. The number of nitrogen functional groups attached to an aromatic ring is 1. The van der Waals surface area contributed by atoms with Gasteiger partial charge in [-0.25, -0.2) is 4.79 Å². The molecule has 0 bridgehead atoms. The zero-order valence-corrected chi connectivity index (χ0v) is 66.2. The molecule has 0 aliphatic carbocycles. The maximum absolute atomic E-state index is 14.9. The van der Waals surface area contributed by atoms with Crippen molar-refractivity contribution in [1.82, 2.24) is 74.1 Å². The summed E-state index contributed by atoms with van der Waals surface area (Å²) in [6, 6.07) is -10.8. The Balaban J connectivity index is 1.88. The van der Waals surface area contributed by atoms with Crippen LogP contribution in [0.2, 0.25) is 0 Å². The molecule has 2 aromatic carbocycles. The van der Waals surface area contributed by atoms with Crippen molar-refractivity contribution in [3.63, 3.8) is 0 Å². The lowest BCUT2D eigenvalue weighted by Gasteiger charge is -2.30. The zero-order chi connectivity index (χ0) is 88.9. The third kappa shape index (κ3) is 34.6. The van der Waals surface area contributed by atoms with Crippen molar-refractivity contribution < 1.29 is 126 Å². The number of H-pyrrole nitrogens is 1. The molecule has 1 aliphatic heterocycles. The summed E-state index contributed by atoms with van der Waals surface area (Å²) in [6.07, 6.45) is -3.58. The Labute approximate surface area is 681 Å². The van der Waals surface area contributed by atoms with Crippen molar-refractivity contribution in [3.8, 4) is 0 Å². The number of primary amides is 2. The number of ketones is 1. The number of aromatic nitrogens is 1. The van der Waals surface area contributed by atoms with E-state index >= 15 is 0 Å². The number of hydrogen-bond donors (Lipinski definition) is 22. The van der Waals surface area contributed by atoms with Gasteiger partial charge in [-0.1, -0.05) is 89.6 Å². The number of para-hydroxylation sites is 2. The van der Waals surface area contributed by atoms with Crippen LogP contribution in [0, 0.1) is 11.8 Å². The van der Waals surface area contributed by atoms with Gasteiger partial charge in [0, 0.05) is 47.6 Å². The van der Waals surface area contributed by atoms with Gasteiger partial charge < -0.3 is 122 Å². The largest absolute Gasteiger partial charge is 0.481 e. The molecule has 2 heterocycles. The average Bonchev–Trinajstić information content (AvgIpc) is 1.65. The molecule has 652 valence electrons. The van der Waals surface area contributed by atoms with Crippen LogP contribution >= 0.6 is 0 Å². The molecule has 0 spiro atoms. The monoisotopic (exact) mass is 1670 g/mol. The lowest BCUT2D eigenvalue weighted by molar-refractivity contribution is -0.156. The van der Waals surface area contributed by atoms with E-state index in [4.69, 9.17) is 27.7 Å². The van der Waals surface area contributed by atoms with Gasteiger partial charge in [0.05, 0.1) is 51.6 Å². The van der Waals surface area contributed by atoms with Crippen molar-refractivity contribution in [2.45, 2.75) is 223 Å². The summed E-state index contributed by atoms with van der Waals surface area (Å²) in [7, 11) is 0. The third-order valence-electron chi connectivity index (χ3n) is 18.5. The number of rotatable bonds is 37. The van der Waals surface area contributed by atoms with E-state index in [-0.39, 0.29) is 37.1 Å². The summed E-state index contributed by atoms with van der Waals surface area (Å²) in [5.41, 5.74) is 23.5. The summed E-state index contributed by atoms with van der Waals surface area (Å²) in [6.45, 7) is 4.53. The van der Waals surface area contributed by atoms with Crippen LogP contribution in [0.4, 0.5) is 5.69 Å². The number of esters is 1. The first-order valence-corrected chi connectivity index (χ1v) is 38.2. The van der Waals surface area contributed by atoms with Gasteiger partial charge in [-0.05, 0) is 75.3 Å². The Bertz CT molecular complexity index is 4210. The van der Waals surface area contributed by atoms with E-state index in [1.54, 1.807) is 30.5 Å². The topological polar surface area (TPSA) is 725 Å². The molecule has 0 radical (unpaired) electrons. The quantitative estimate of drug-likeness (QED) is 0.0111. The minimum atomic E-state index is -2.47. The van der Waals surface area contributed by atoms with Gasteiger partial charge >= 0.3 is 29.8 Å². The number of aliphatic carboxylic acids is 4. The number of aromatic amines is 1. The molecular formula is C75H106N18O26. The number of hydrogen-bond acceptors (Lipinski definition) is 24. The molecule has 119 heavy (non-hydrogen) atoms. The Hall–Kier alpha value is -13.2. The number of anilines is 1. The van der Waals surface area contributed by atoms with Crippen LogP contribution in [-0.4, -0.2) is 242 Å². The first-order valence-electron chi connectivity index (χ1n) is 38.2. The van der Waals surface area contributed by atoms with E-state index in [9.17, 15) is 121 Å². The number of nitrogens with two attached hydrogens (primary N) is 4. The second kappa shape index (κ2) is 49.0. The van der Waals surface area contributed by atoms with Crippen molar-refractivity contribution in [2.75, 3.05) is 25.4 Å². The number of unbranched alkanes of at least 4 members (excludes halogenated alkanes) is 5. The van der Waals surface area contributed by atoms with Crippen molar-refractivity contribution in [1.29, 1.82) is 0 Å². The van der Waals surface area contributed by atoms with Crippen LogP contribution in [0.3, 0.4) is 0 Å². The predicted octanol–water partition coefficient (Wildman–Crippen LogP) is -5.10. The number of nitrogens with one attached hydrogen (secondary N) is 14. The highest BCUT2D eigenvalue weighted by molar-refractivity contribution is 6.05. The fourth-order valence-electron chi connectivity index (χ4n) is 12.3. The van der Waals surface area contributed by atoms with Crippen LogP contribution < -0.4 is 92.1 Å². The van der Waals surface area contributed by atoms with E-state index < -0.39 is 267 Å². The first kappa shape index (κ1) is 98.2. The lowest BCUT2D eigenvalue weighted by atomic mass is 9.95. The van der Waals surface area contributed by atoms with Crippen LogP contribution in [0.25, 0.3) is 10.9 Å². The molecule has 0 saturated carbocycles. The number of fused-ring (bicyclic) bond motifs is 1. The van der Waals surface area contributed by atoms with E-state index in [1.807, 2.05) is 16.0 Å². The summed E-state index contributed by atoms with van der Waals surface area (Å²) < 4.78 is 5.70. The molecule has 4 rings (SSSR count). The molecule has 1 saturated heterocycles. The van der Waals surface area contributed by atoms with E-state index in [2.05, 4.69) is 72.0 Å². The van der Waals surface area contributed by atoms with Gasteiger partial charge in [0.15, 0.2) is 5.78 Å². The summed E-state index contributed by atoms with van der Waals surface area (Å²) in [5.74, 6) is -30.9. The highest BCUT2D eigenvalue weighted by Crippen LogP contribution is 2.22. The Morgan fingerprint density at radius 3 is 1.64 bits per heavy atom. The van der Waals surface area contributed by atoms with Crippen LogP contribution in [0.5, 0.6) is 0 Å².